The van der Waals surface area contributed by atoms with Crippen LogP contribution < -0.4 is 19.4 Å². The zero-order chi connectivity index (χ0) is 36.1. The quantitative estimate of drug-likeness (QED) is 0.171. The smallest absolute Gasteiger partial charge is 0.130 e. The zero-order valence-electron chi connectivity index (χ0n) is 31.8. The number of nitrogens with zero attached hydrogens (tertiary/aromatic N) is 4. The summed E-state index contributed by atoms with van der Waals surface area (Å²) in [7, 11) is 2.10. The summed E-state index contributed by atoms with van der Waals surface area (Å²) in [5.41, 5.74) is 19.8. The number of aryl methyl sites for hydroxylation is 9. The van der Waals surface area contributed by atoms with E-state index in [0.717, 1.165) is 47.3 Å². The molecule has 2 aliphatic heterocycles. The van der Waals surface area contributed by atoms with Crippen LogP contribution in [0.15, 0.2) is 97.6 Å². The highest BCUT2D eigenvalue weighted by Crippen LogP contribution is 2.41. The standard InChI is InChI=1S/C46H50N4O/c1-29-15-32(4)44(33(5)16-29)38-21-40(48-12-11-47(10)27-48)25-42(23-38)51-43-24-39(45-34(6)17-30(2)18-35(45)7)22-41(26-43)49-13-14-50(28-49)46-36(8)19-31(3)20-37(46)9/h11-26H,27-28H2,1-10H3. The van der Waals surface area contributed by atoms with Crippen molar-refractivity contribution in [2.45, 2.75) is 62.3 Å². The van der Waals surface area contributed by atoms with Gasteiger partial charge in [0.15, 0.2) is 0 Å². The first-order chi connectivity index (χ1) is 24.3. The summed E-state index contributed by atoms with van der Waals surface area (Å²) in [6, 6.07) is 27.0. The lowest BCUT2D eigenvalue weighted by atomic mass is 9.93. The van der Waals surface area contributed by atoms with Crippen LogP contribution in [0.2, 0.25) is 0 Å². The molecule has 0 N–H and O–H groups in total. The highest BCUT2D eigenvalue weighted by atomic mass is 16.5. The number of hydrogen-bond donors (Lipinski definition) is 0. The minimum atomic E-state index is 0.722. The van der Waals surface area contributed by atoms with Crippen molar-refractivity contribution < 1.29 is 4.74 Å². The van der Waals surface area contributed by atoms with Crippen LogP contribution in [0.3, 0.4) is 0 Å². The fourth-order valence-corrected chi connectivity index (χ4v) is 8.37. The van der Waals surface area contributed by atoms with Crippen molar-refractivity contribution in [2.24, 2.45) is 0 Å². The second kappa shape index (κ2) is 13.4. The van der Waals surface area contributed by atoms with Crippen molar-refractivity contribution in [1.82, 2.24) is 4.90 Å². The van der Waals surface area contributed by atoms with E-state index >= 15 is 0 Å². The molecule has 0 saturated heterocycles. The van der Waals surface area contributed by atoms with Gasteiger partial charge in [-0.2, -0.15) is 0 Å². The normalized spacial score (nSPS) is 14.0. The molecule has 0 saturated carbocycles. The first-order valence-corrected chi connectivity index (χ1v) is 17.9. The highest BCUT2D eigenvalue weighted by Gasteiger charge is 2.22. The number of ether oxygens (including phenoxy) is 1. The molecule has 0 fully saturated rings. The Balaban J connectivity index is 1.32. The van der Waals surface area contributed by atoms with E-state index in [1.807, 2.05) is 0 Å². The van der Waals surface area contributed by atoms with Gasteiger partial charge in [-0.05, 0) is 142 Å². The van der Waals surface area contributed by atoms with Crippen molar-refractivity contribution >= 4 is 17.1 Å². The molecule has 5 heteroatoms. The van der Waals surface area contributed by atoms with Gasteiger partial charge in [-0.25, -0.2) is 0 Å². The maximum Gasteiger partial charge on any atom is 0.130 e. The second-order valence-corrected chi connectivity index (χ2v) is 14.9. The Kier molecular flexibility index (Phi) is 8.93. The Hall–Kier alpha value is -5.42. The maximum absolute atomic E-state index is 6.97. The van der Waals surface area contributed by atoms with Gasteiger partial charge in [-0.3, -0.25) is 0 Å². The average molecular weight is 675 g/mol. The first kappa shape index (κ1) is 34.0. The summed E-state index contributed by atoms with van der Waals surface area (Å²) in [6.07, 6.45) is 8.64. The fraction of sp³-hybridized carbons (Fsp3) is 0.261. The molecule has 2 aliphatic rings. The van der Waals surface area contributed by atoms with Crippen LogP contribution in [-0.2, 0) is 0 Å². The minimum Gasteiger partial charge on any atom is -0.457 e. The maximum atomic E-state index is 6.97. The van der Waals surface area contributed by atoms with E-state index in [0.29, 0.717) is 0 Å². The first-order valence-electron chi connectivity index (χ1n) is 17.9. The highest BCUT2D eigenvalue weighted by molar-refractivity contribution is 5.79. The fourth-order valence-electron chi connectivity index (χ4n) is 8.37. The van der Waals surface area contributed by atoms with Crippen molar-refractivity contribution in [1.29, 1.82) is 0 Å². The predicted molar refractivity (Wildman–Crippen MR) is 216 cm³/mol. The summed E-state index contributed by atoms with van der Waals surface area (Å²) in [5, 5.41) is 0. The largest absolute Gasteiger partial charge is 0.457 e. The van der Waals surface area contributed by atoms with Crippen LogP contribution in [-0.4, -0.2) is 25.3 Å². The molecule has 0 atom stereocenters. The molecular weight excluding hydrogens is 625 g/mol. The van der Waals surface area contributed by atoms with Gasteiger partial charge in [0, 0.05) is 61.0 Å². The van der Waals surface area contributed by atoms with Crippen LogP contribution in [0, 0.1) is 62.3 Å². The Labute approximate surface area is 304 Å². The van der Waals surface area contributed by atoms with Gasteiger partial charge in [-0.15, -0.1) is 0 Å². The van der Waals surface area contributed by atoms with E-state index in [-0.39, 0.29) is 0 Å². The van der Waals surface area contributed by atoms with E-state index in [2.05, 4.69) is 187 Å². The molecule has 7 rings (SSSR count). The molecule has 0 unspecified atom stereocenters. The van der Waals surface area contributed by atoms with Gasteiger partial charge in [-0.1, -0.05) is 53.1 Å². The van der Waals surface area contributed by atoms with Crippen LogP contribution in [0.4, 0.5) is 17.1 Å². The molecule has 0 aliphatic carbocycles. The third kappa shape index (κ3) is 6.86. The average Bonchev–Trinajstić information content (AvgIpc) is 3.69. The lowest BCUT2D eigenvalue weighted by Crippen LogP contribution is -2.25. The summed E-state index contributed by atoms with van der Waals surface area (Å²) in [5.74, 6) is 1.63. The SMILES string of the molecule is Cc1cc(C)c(-c2cc(Oc3cc(-c4c(C)cc(C)cc4C)cc(N4C=CN(c5c(C)cc(C)cc5C)C4)c3)cc(N3C=CN(C)C3)c2)c(C)c1. The van der Waals surface area contributed by atoms with Gasteiger partial charge >= 0.3 is 0 Å². The molecule has 5 aromatic carbocycles. The number of rotatable bonds is 7. The Morgan fingerprint density at radius 2 is 0.804 bits per heavy atom. The molecule has 0 amide bonds. The van der Waals surface area contributed by atoms with Crippen LogP contribution in [0.1, 0.15) is 50.1 Å². The van der Waals surface area contributed by atoms with Gasteiger partial charge in [0.1, 0.15) is 11.5 Å². The Bertz CT molecular complexity index is 2160. The number of benzene rings is 5. The molecule has 51 heavy (non-hydrogen) atoms. The summed E-state index contributed by atoms with van der Waals surface area (Å²) >= 11 is 0. The van der Waals surface area contributed by atoms with Gasteiger partial charge in [0.2, 0.25) is 0 Å². The van der Waals surface area contributed by atoms with Gasteiger partial charge < -0.3 is 24.3 Å². The van der Waals surface area contributed by atoms with Crippen molar-refractivity contribution in [2.75, 3.05) is 35.1 Å². The van der Waals surface area contributed by atoms with E-state index in [4.69, 9.17) is 4.74 Å². The van der Waals surface area contributed by atoms with E-state index < -0.39 is 0 Å². The van der Waals surface area contributed by atoms with E-state index in [1.165, 1.54) is 66.9 Å². The third-order valence-corrected chi connectivity index (χ3v) is 10.1. The van der Waals surface area contributed by atoms with Crippen molar-refractivity contribution in [3.63, 3.8) is 0 Å². The summed E-state index contributed by atoms with van der Waals surface area (Å²) in [4.78, 5) is 9.13. The molecule has 0 aromatic heterocycles. The van der Waals surface area contributed by atoms with E-state index in [9.17, 15) is 0 Å². The lowest BCUT2D eigenvalue weighted by Gasteiger charge is -2.26. The molecular formula is C46H50N4O. The van der Waals surface area contributed by atoms with Gasteiger partial charge in [0.25, 0.3) is 0 Å². The van der Waals surface area contributed by atoms with Crippen LogP contribution >= 0.6 is 0 Å². The number of anilines is 3. The predicted octanol–water partition coefficient (Wildman–Crippen LogP) is 11.5. The Morgan fingerprint density at radius 3 is 1.24 bits per heavy atom. The zero-order valence-corrected chi connectivity index (χ0v) is 31.8. The van der Waals surface area contributed by atoms with Crippen molar-refractivity contribution in [3.05, 3.63) is 148 Å². The molecule has 2 heterocycles. The lowest BCUT2D eigenvalue weighted by molar-refractivity contribution is 0.481. The topological polar surface area (TPSA) is 22.2 Å². The molecule has 260 valence electrons. The minimum absolute atomic E-state index is 0.722. The van der Waals surface area contributed by atoms with E-state index in [1.54, 1.807) is 0 Å². The van der Waals surface area contributed by atoms with Crippen LogP contribution in [0.5, 0.6) is 11.5 Å². The monoisotopic (exact) mass is 674 g/mol. The molecule has 0 spiro atoms. The second-order valence-electron chi connectivity index (χ2n) is 14.9. The van der Waals surface area contributed by atoms with Crippen molar-refractivity contribution in [3.8, 4) is 33.8 Å². The van der Waals surface area contributed by atoms with Crippen LogP contribution in [0.25, 0.3) is 22.3 Å². The number of hydrogen-bond acceptors (Lipinski definition) is 5. The Morgan fingerprint density at radius 1 is 0.412 bits per heavy atom. The summed E-state index contributed by atoms with van der Waals surface area (Å²) in [6.45, 7) is 21.3. The molecule has 0 bridgehead atoms. The molecule has 5 nitrogen and oxygen atoms in total. The third-order valence-electron chi connectivity index (χ3n) is 10.1. The summed E-state index contributed by atoms with van der Waals surface area (Å²) < 4.78 is 6.97. The molecule has 5 aromatic rings. The van der Waals surface area contributed by atoms with Gasteiger partial charge in [0.05, 0.1) is 13.3 Å². The molecule has 0 radical (unpaired) electrons.